The molecule has 1 aromatic heterocycles. The first-order valence-corrected chi connectivity index (χ1v) is 7.79. The van der Waals surface area contributed by atoms with Crippen LogP contribution in [0, 0.1) is 0 Å². The van der Waals surface area contributed by atoms with E-state index in [1.807, 2.05) is 5.01 Å². The SMILES string of the molecule is O=c1c(Cl)c(NN2CCOCC2)cnn1-c1cccc(C(F)(F)F)c1. The van der Waals surface area contributed by atoms with Crippen molar-refractivity contribution in [2.75, 3.05) is 31.7 Å². The largest absolute Gasteiger partial charge is 0.416 e. The van der Waals surface area contributed by atoms with E-state index in [4.69, 9.17) is 16.3 Å². The third-order valence-electron chi connectivity index (χ3n) is 3.63. The second-order valence-corrected chi connectivity index (χ2v) is 5.73. The van der Waals surface area contributed by atoms with Gasteiger partial charge in [0.15, 0.2) is 0 Å². The third kappa shape index (κ3) is 3.94. The lowest BCUT2D eigenvalue weighted by Gasteiger charge is -2.28. The van der Waals surface area contributed by atoms with Crippen LogP contribution in [-0.2, 0) is 10.9 Å². The number of hydrogen-bond donors (Lipinski definition) is 1. The fourth-order valence-electron chi connectivity index (χ4n) is 2.35. The number of aromatic nitrogens is 2. The maximum Gasteiger partial charge on any atom is 0.416 e. The number of ether oxygens (including phenoxy) is 1. The van der Waals surface area contributed by atoms with Crippen LogP contribution in [0.15, 0.2) is 35.3 Å². The molecule has 0 unspecified atom stereocenters. The second kappa shape index (κ2) is 7.03. The first-order valence-electron chi connectivity index (χ1n) is 7.41. The Bertz CT molecular complexity index is 819. The van der Waals surface area contributed by atoms with E-state index in [1.54, 1.807) is 0 Å². The van der Waals surface area contributed by atoms with Crippen LogP contribution in [0.4, 0.5) is 18.9 Å². The van der Waals surface area contributed by atoms with Crippen LogP contribution >= 0.6 is 11.6 Å². The highest BCUT2D eigenvalue weighted by atomic mass is 35.5. The highest BCUT2D eigenvalue weighted by Gasteiger charge is 2.30. The summed E-state index contributed by atoms with van der Waals surface area (Å²) in [5.41, 5.74) is 1.67. The van der Waals surface area contributed by atoms with Crippen molar-refractivity contribution in [2.45, 2.75) is 6.18 Å². The van der Waals surface area contributed by atoms with Crippen molar-refractivity contribution in [1.29, 1.82) is 0 Å². The van der Waals surface area contributed by atoms with Crippen LogP contribution in [0.3, 0.4) is 0 Å². The smallest absolute Gasteiger partial charge is 0.379 e. The van der Waals surface area contributed by atoms with Gasteiger partial charge in [0.05, 0.1) is 36.3 Å². The van der Waals surface area contributed by atoms with Crippen LogP contribution in [0.2, 0.25) is 5.02 Å². The van der Waals surface area contributed by atoms with Crippen molar-refractivity contribution in [1.82, 2.24) is 14.8 Å². The minimum absolute atomic E-state index is 0.0142. The van der Waals surface area contributed by atoms with E-state index in [9.17, 15) is 18.0 Å². The molecule has 10 heteroatoms. The summed E-state index contributed by atoms with van der Waals surface area (Å²) in [6.07, 6.45) is -3.21. The monoisotopic (exact) mass is 374 g/mol. The van der Waals surface area contributed by atoms with Gasteiger partial charge in [0.25, 0.3) is 5.56 Å². The van der Waals surface area contributed by atoms with Crippen molar-refractivity contribution in [3.05, 3.63) is 51.4 Å². The molecule has 134 valence electrons. The standard InChI is InChI=1S/C15H14ClF3N4O2/c16-13-12(21-22-4-6-25-7-5-22)9-20-23(14(13)24)11-3-1-2-10(8-11)15(17,18)19/h1-3,8-9,21H,4-7H2. The topological polar surface area (TPSA) is 59.4 Å². The van der Waals surface area contributed by atoms with Crippen molar-refractivity contribution < 1.29 is 17.9 Å². The molecule has 1 aliphatic rings. The number of morpholine rings is 1. The maximum atomic E-state index is 12.8. The Labute approximate surface area is 145 Å². The molecule has 0 amide bonds. The van der Waals surface area contributed by atoms with E-state index in [0.29, 0.717) is 26.3 Å². The van der Waals surface area contributed by atoms with E-state index in [2.05, 4.69) is 10.5 Å². The summed E-state index contributed by atoms with van der Waals surface area (Å²) in [4.78, 5) is 12.4. The molecule has 1 aliphatic heterocycles. The van der Waals surface area contributed by atoms with Gasteiger partial charge in [-0.1, -0.05) is 17.7 Å². The van der Waals surface area contributed by atoms with E-state index in [1.165, 1.54) is 18.3 Å². The lowest BCUT2D eigenvalue weighted by atomic mass is 10.2. The fraction of sp³-hybridized carbons (Fsp3) is 0.333. The Morgan fingerprint density at radius 2 is 1.96 bits per heavy atom. The molecular weight excluding hydrogens is 361 g/mol. The van der Waals surface area contributed by atoms with Gasteiger partial charge in [0.2, 0.25) is 0 Å². The molecule has 0 saturated carbocycles. The average Bonchev–Trinajstić information content (AvgIpc) is 2.59. The van der Waals surface area contributed by atoms with Crippen LogP contribution in [0.1, 0.15) is 5.56 Å². The molecule has 25 heavy (non-hydrogen) atoms. The number of hydrazine groups is 1. The second-order valence-electron chi connectivity index (χ2n) is 5.35. The summed E-state index contributed by atoms with van der Waals surface area (Å²) in [6.45, 7) is 2.29. The summed E-state index contributed by atoms with van der Waals surface area (Å²) in [5.74, 6) is 0. The van der Waals surface area contributed by atoms with Crippen molar-refractivity contribution in [2.24, 2.45) is 0 Å². The summed E-state index contributed by atoms with van der Waals surface area (Å²) >= 11 is 6.08. The van der Waals surface area contributed by atoms with E-state index >= 15 is 0 Å². The number of anilines is 1. The van der Waals surface area contributed by atoms with Crippen LogP contribution in [0.5, 0.6) is 0 Å². The van der Waals surface area contributed by atoms with E-state index in [0.717, 1.165) is 16.8 Å². The Morgan fingerprint density at radius 1 is 1.24 bits per heavy atom. The fourth-order valence-corrected chi connectivity index (χ4v) is 2.53. The van der Waals surface area contributed by atoms with Gasteiger partial charge in [-0.2, -0.15) is 23.0 Å². The van der Waals surface area contributed by atoms with Gasteiger partial charge in [-0.05, 0) is 18.2 Å². The Balaban J connectivity index is 1.91. The van der Waals surface area contributed by atoms with E-state index < -0.39 is 17.3 Å². The molecule has 1 N–H and O–H groups in total. The van der Waals surface area contributed by atoms with Crippen LogP contribution in [-0.4, -0.2) is 41.1 Å². The molecule has 1 aromatic carbocycles. The molecule has 0 aliphatic carbocycles. The molecule has 6 nitrogen and oxygen atoms in total. The number of benzene rings is 1. The number of halogens is 4. The molecule has 3 rings (SSSR count). The number of hydrogen-bond acceptors (Lipinski definition) is 5. The molecule has 1 saturated heterocycles. The van der Waals surface area contributed by atoms with Gasteiger partial charge in [-0.15, -0.1) is 0 Å². The molecule has 0 spiro atoms. The summed E-state index contributed by atoms with van der Waals surface area (Å²) in [5, 5.41) is 5.60. The van der Waals surface area contributed by atoms with Gasteiger partial charge >= 0.3 is 6.18 Å². The zero-order valence-corrected chi connectivity index (χ0v) is 13.6. The van der Waals surface area contributed by atoms with Crippen LogP contribution in [0.25, 0.3) is 5.69 Å². The van der Waals surface area contributed by atoms with E-state index in [-0.39, 0.29) is 16.4 Å². The lowest BCUT2D eigenvalue weighted by molar-refractivity contribution is -0.137. The normalized spacial score (nSPS) is 16.0. The zero-order chi connectivity index (χ0) is 18.0. The molecule has 0 bridgehead atoms. The zero-order valence-electron chi connectivity index (χ0n) is 12.9. The third-order valence-corrected chi connectivity index (χ3v) is 3.99. The molecular formula is C15H14ClF3N4O2. The van der Waals surface area contributed by atoms with Crippen molar-refractivity contribution in [3.8, 4) is 5.69 Å². The van der Waals surface area contributed by atoms with Gasteiger partial charge in [0, 0.05) is 13.1 Å². The Kier molecular flexibility index (Phi) is 4.98. The first kappa shape index (κ1) is 17.7. The summed E-state index contributed by atoms with van der Waals surface area (Å²) in [6, 6.07) is 4.33. The highest BCUT2D eigenvalue weighted by Crippen LogP contribution is 2.30. The van der Waals surface area contributed by atoms with Gasteiger partial charge in [-0.25, -0.2) is 5.01 Å². The molecule has 1 fully saturated rings. The molecule has 2 heterocycles. The molecule has 0 radical (unpaired) electrons. The highest BCUT2D eigenvalue weighted by molar-refractivity contribution is 6.32. The minimum atomic E-state index is -4.51. The van der Waals surface area contributed by atoms with Gasteiger partial charge < -0.3 is 10.2 Å². The van der Waals surface area contributed by atoms with Gasteiger partial charge in [-0.3, -0.25) is 4.79 Å². The predicted molar refractivity (Wildman–Crippen MR) is 85.9 cm³/mol. The maximum absolute atomic E-state index is 12.8. The Hall–Kier alpha value is -2.10. The van der Waals surface area contributed by atoms with Crippen LogP contribution < -0.4 is 11.0 Å². The van der Waals surface area contributed by atoms with Crippen molar-refractivity contribution >= 4 is 17.3 Å². The quantitative estimate of drug-likeness (QED) is 0.894. The summed E-state index contributed by atoms with van der Waals surface area (Å²) < 4.78 is 44.5. The number of nitrogens with one attached hydrogen (secondary N) is 1. The summed E-state index contributed by atoms with van der Waals surface area (Å²) in [7, 11) is 0. The van der Waals surface area contributed by atoms with Crippen molar-refractivity contribution in [3.63, 3.8) is 0 Å². The predicted octanol–water partition coefficient (Wildman–Crippen LogP) is 2.56. The lowest BCUT2D eigenvalue weighted by Crippen LogP contribution is -2.40. The number of alkyl halides is 3. The molecule has 2 aromatic rings. The molecule has 0 atom stereocenters. The minimum Gasteiger partial charge on any atom is -0.379 e. The Morgan fingerprint density at radius 3 is 2.64 bits per heavy atom. The first-order chi connectivity index (χ1) is 11.9. The number of rotatable bonds is 3. The van der Waals surface area contributed by atoms with Gasteiger partial charge in [0.1, 0.15) is 5.02 Å². The number of nitrogens with zero attached hydrogens (tertiary/aromatic N) is 3. The average molecular weight is 375 g/mol.